The summed E-state index contributed by atoms with van der Waals surface area (Å²) in [7, 11) is 0. The van der Waals surface area contributed by atoms with Gasteiger partial charge in [-0.25, -0.2) is 0 Å². The largest absolute Gasteiger partial charge is 0.480 e. The predicted octanol–water partition coefficient (Wildman–Crippen LogP) is 1.10. The number of nitrogens with two attached hydrogens (primary N) is 3. The van der Waals surface area contributed by atoms with Crippen LogP contribution in [0.2, 0.25) is 0 Å². The second-order valence-corrected chi connectivity index (χ2v) is 5.29. The molecule has 1 unspecified atom stereocenters. The number of nitrogens with one attached hydrogen (secondary N) is 1. The Morgan fingerprint density at radius 1 is 0.960 bits per heavy atom. The van der Waals surface area contributed by atoms with Crippen molar-refractivity contribution in [2.45, 2.75) is 18.9 Å². The molecule has 2 aromatic carbocycles. The highest BCUT2D eigenvalue weighted by atomic mass is 16.4. The van der Waals surface area contributed by atoms with E-state index in [1.165, 1.54) is 0 Å². The molecule has 0 saturated heterocycles. The minimum Gasteiger partial charge on any atom is -0.480 e. The van der Waals surface area contributed by atoms with E-state index in [1.807, 2.05) is 30.3 Å². The number of benzene rings is 2. The molecule has 0 bridgehead atoms. The van der Waals surface area contributed by atoms with Crippen molar-refractivity contribution in [3.63, 3.8) is 0 Å². The number of carboxylic acids is 1. The predicted molar refractivity (Wildman–Crippen MR) is 96.4 cm³/mol. The molecule has 0 aliphatic carbocycles. The average molecular weight is 342 g/mol. The van der Waals surface area contributed by atoms with Crippen LogP contribution in [-0.4, -0.2) is 28.9 Å². The van der Waals surface area contributed by atoms with Crippen LogP contribution in [0.15, 0.2) is 54.6 Å². The number of carboxylic acid groups (broad SMARTS) is 1. The third-order valence-corrected chi connectivity index (χ3v) is 3.39. The van der Waals surface area contributed by atoms with Gasteiger partial charge in [-0.1, -0.05) is 48.5 Å². The average Bonchev–Trinajstić information content (AvgIpc) is 2.60. The molecule has 0 heterocycles. The number of carbonyl (C=O) groups excluding carboxylic acids is 1. The molecule has 0 aromatic heterocycles. The number of amides is 1. The zero-order chi connectivity index (χ0) is 18.8. The van der Waals surface area contributed by atoms with Gasteiger partial charge in [0, 0.05) is 11.1 Å². The zero-order valence-electron chi connectivity index (χ0n) is 13.7. The fourth-order valence-electron chi connectivity index (χ4n) is 2.02. The lowest BCUT2D eigenvalue weighted by molar-refractivity contribution is -0.138. The Kier molecular flexibility index (Phi) is 7.81. The second kappa shape index (κ2) is 9.84. The van der Waals surface area contributed by atoms with Crippen molar-refractivity contribution in [2.75, 3.05) is 0 Å². The number of carbonyl (C=O) groups is 2. The molecule has 8 N–H and O–H groups in total. The van der Waals surface area contributed by atoms with Gasteiger partial charge < -0.3 is 22.3 Å². The third kappa shape index (κ3) is 6.84. The number of aryl methyl sites for hydroxylation is 1. The topological polar surface area (TPSA) is 156 Å². The maximum atomic E-state index is 10.8. The van der Waals surface area contributed by atoms with E-state index in [4.69, 9.17) is 27.7 Å². The number of amidine groups is 1. The molecule has 1 atom stereocenters. The van der Waals surface area contributed by atoms with Crippen LogP contribution in [-0.2, 0) is 11.2 Å². The summed E-state index contributed by atoms with van der Waals surface area (Å²) in [5.74, 6) is -1.65. The Labute approximate surface area is 146 Å². The van der Waals surface area contributed by atoms with Gasteiger partial charge in [0.25, 0.3) is 0 Å². The number of nitrogen functional groups attached to an aromatic ring is 1. The maximum Gasteiger partial charge on any atom is 0.320 e. The Morgan fingerprint density at radius 2 is 1.48 bits per heavy atom. The maximum absolute atomic E-state index is 10.8. The van der Waals surface area contributed by atoms with Crippen LogP contribution in [0.4, 0.5) is 0 Å². The highest BCUT2D eigenvalue weighted by Gasteiger charge is 2.10. The standard InChI is InChI=1S/C10H13NO2.C8H9N3O/c11-9(10(12)13)7-6-8-4-2-1-3-5-8;9-7(10)5-3-1-2-4-6(5)8(11)12/h1-5,9H,6-7,11H2,(H,12,13);1-4H,(H3,9,10)(H2,11,12). The van der Waals surface area contributed by atoms with Gasteiger partial charge >= 0.3 is 5.97 Å². The van der Waals surface area contributed by atoms with Crippen molar-refractivity contribution in [3.8, 4) is 0 Å². The highest BCUT2D eigenvalue weighted by Crippen LogP contribution is 2.06. The SMILES string of the molecule is N=C(N)c1ccccc1C(N)=O.NC(CCc1ccccc1)C(=O)O. The lowest BCUT2D eigenvalue weighted by Crippen LogP contribution is -2.30. The molecule has 0 saturated carbocycles. The van der Waals surface area contributed by atoms with Crippen LogP contribution in [0.1, 0.15) is 27.9 Å². The van der Waals surface area contributed by atoms with Gasteiger partial charge in [0.2, 0.25) is 5.91 Å². The summed E-state index contributed by atoms with van der Waals surface area (Å²) in [6.45, 7) is 0. The number of hydrogen-bond donors (Lipinski definition) is 5. The minimum atomic E-state index is -0.934. The summed E-state index contributed by atoms with van der Waals surface area (Å²) >= 11 is 0. The fourth-order valence-corrected chi connectivity index (χ4v) is 2.02. The first kappa shape index (κ1) is 19.9. The normalized spacial score (nSPS) is 10.9. The molecule has 0 fully saturated rings. The molecule has 0 aliphatic heterocycles. The second-order valence-electron chi connectivity index (χ2n) is 5.29. The molecular formula is C18H22N4O3. The van der Waals surface area contributed by atoms with Crippen molar-refractivity contribution in [1.82, 2.24) is 0 Å². The molecule has 0 aliphatic rings. The molecule has 2 aromatic rings. The van der Waals surface area contributed by atoms with Crippen LogP contribution in [0.25, 0.3) is 0 Å². The number of primary amides is 1. The summed E-state index contributed by atoms with van der Waals surface area (Å²) < 4.78 is 0. The third-order valence-electron chi connectivity index (χ3n) is 3.39. The number of aliphatic carboxylic acids is 1. The summed E-state index contributed by atoms with van der Waals surface area (Å²) in [4.78, 5) is 21.2. The van der Waals surface area contributed by atoms with Gasteiger partial charge in [-0.05, 0) is 24.5 Å². The number of hydrogen-bond acceptors (Lipinski definition) is 4. The Bertz CT molecular complexity index is 699. The van der Waals surface area contributed by atoms with E-state index in [9.17, 15) is 9.59 Å². The van der Waals surface area contributed by atoms with E-state index in [1.54, 1.807) is 24.3 Å². The molecule has 132 valence electrons. The smallest absolute Gasteiger partial charge is 0.320 e. The van der Waals surface area contributed by atoms with Crippen LogP contribution in [0, 0.1) is 5.41 Å². The van der Waals surface area contributed by atoms with Crippen molar-refractivity contribution in [3.05, 3.63) is 71.3 Å². The minimum absolute atomic E-state index is 0.149. The van der Waals surface area contributed by atoms with Crippen molar-refractivity contribution in [1.29, 1.82) is 5.41 Å². The number of rotatable bonds is 6. The first-order valence-electron chi connectivity index (χ1n) is 7.58. The first-order chi connectivity index (χ1) is 11.8. The van der Waals surface area contributed by atoms with Crippen molar-refractivity contribution in [2.24, 2.45) is 17.2 Å². The van der Waals surface area contributed by atoms with Gasteiger partial charge in [-0.3, -0.25) is 15.0 Å². The lowest BCUT2D eigenvalue weighted by atomic mass is 10.1. The summed E-state index contributed by atoms with van der Waals surface area (Å²) in [6, 6.07) is 15.5. The van der Waals surface area contributed by atoms with E-state index >= 15 is 0 Å². The van der Waals surface area contributed by atoms with Crippen molar-refractivity contribution >= 4 is 17.7 Å². The molecule has 7 heteroatoms. The summed E-state index contributed by atoms with van der Waals surface area (Å²) in [5, 5.41) is 15.7. The van der Waals surface area contributed by atoms with Crippen LogP contribution in [0.5, 0.6) is 0 Å². The molecule has 25 heavy (non-hydrogen) atoms. The molecular weight excluding hydrogens is 320 g/mol. The van der Waals surface area contributed by atoms with Crippen LogP contribution < -0.4 is 17.2 Å². The molecule has 0 radical (unpaired) electrons. The van der Waals surface area contributed by atoms with E-state index in [0.717, 1.165) is 5.56 Å². The first-order valence-corrected chi connectivity index (χ1v) is 7.58. The zero-order valence-corrected chi connectivity index (χ0v) is 13.7. The molecule has 0 spiro atoms. The van der Waals surface area contributed by atoms with Crippen molar-refractivity contribution < 1.29 is 14.7 Å². The van der Waals surface area contributed by atoms with Gasteiger partial charge in [0.05, 0.1) is 0 Å². The summed E-state index contributed by atoms with van der Waals surface area (Å²) in [5.41, 5.74) is 17.4. The van der Waals surface area contributed by atoms with Gasteiger partial charge in [-0.15, -0.1) is 0 Å². The van der Waals surface area contributed by atoms with Gasteiger partial charge in [-0.2, -0.15) is 0 Å². The van der Waals surface area contributed by atoms with E-state index in [-0.39, 0.29) is 11.4 Å². The quantitative estimate of drug-likeness (QED) is 0.392. The van der Waals surface area contributed by atoms with E-state index < -0.39 is 17.9 Å². The molecule has 2 rings (SSSR count). The molecule has 7 nitrogen and oxygen atoms in total. The Balaban J connectivity index is 0.000000251. The molecule has 1 amide bonds. The van der Waals surface area contributed by atoms with Gasteiger partial charge in [0.1, 0.15) is 11.9 Å². The lowest BCUT2D eigenvalue weighted by Gasteiger charge is -2.05. The van der Waals surface area contributed by atoms with E-state index in [2.05, 4.69) is 0 Å². The van der Waals surface area contributed by atoms with Crippen LogP contribution >= 0.6 is 0 Å². The van der Waals surface area contributed by atoms with Crippen LogP contribution in [0.3, 0.4) is 0 Å². The fraction of sp³-hybridized carbons (Fsp3) is 0.167. The highest BCUT2D eigenvalue weighted by molar-refractivity contribution is 6.06. The summed E-state index contributed by atoms with van der Waals surface area (Å²) in [6.07, 6.45) is 1.20. The monoisotopic (exact) mass is 342 g/mol. The van der Waals surface area contributed by atoms with E-state index in [0.29, 0.717) is 18.4 Å². The Morgan fingerprint density at radius 3 is 1.92 bits per heavy atom. The van der Waals surface area contributed by atoms with Gasteiger partial charge in [0.15, 0.2) is 0 Å². The Hall–Kier alpha value is -3.19.